The summed E-state index contributed by atoms with van der Waals surface area (Å²) in [5.74, 6) is 0.829. The van der Waals surface area contributed by atoms with Gasteiger partial charge >= 0.3 is 0 Å². The maximum Gasteiger partial charge on any atom is 0.188 e. The highest BCUT2D eigenvalue weighted by Gasteiger charge is 2.00. The second kappa shape index (κ2) is 4.63. The Bertz CT molecular complexity index is 458. The van der Waals surface area contributed by atoms with Crippen LogP contribution in [0.4, 0.5) is 10.8 Å². The number of methoxy groups -OCH3 is 1. The van der Waals surface area contributed by atoms with Crippen molar-refractivity contribution in [3.8, 4) is 5.75 Å². The van der Waals surface area contributed by atoms with Crippen molar-refractivity contribution in [1.82, 2.24) is 4.98 Å². The molecule has 15 heavy (non-hydrogen) atoms. The van der Waals surface area contributed by atoms with Crippen molar-refractivity contribution in [2.24, 2.45) is 0 Å². The smallest absolute Gasteiger partial charge is 0.188 e. The standard InChI is InChI=1S/C10H9BrN2OS/c1-14-8-4-2-3-7(5-8)12-10-13-9(11)6-15-10/h2-6H,1H3,(H,12,13). The fourth-order valence-corrected chi connectivity index (χ4v) is 2.30. The Labute approximate surface area is 100 Å². The highest BCUT2D eigenvalue weighted by Crippen LogP contribution is 2.25. The second-order valence-corrected chi connectivity index (χ2v) is 4.50. The highest BCUT2D eigenvalue weighted by molar-refractivity contribution is 9.10. The summed E-state index contributed by atoms with van der Waals surface area (Å²) < 4.78 is 5.98. The predicted molar refractivity (Wildman–Crippen MR) is 66.1 cm³/mol. The molecule has 0 bridgehead atoms. The summed E-state index contributed by atoms with van der Waals surface area (Å²) in [6, 6.07) is 7.74. The Kier molecular flexibility index (Phi) is 3.23. The van der Waals surface area contributed by atoms with E-state index in [1.807, 2.05) is 29.6 Å². The van der Waals surface area contributed by atoms with Crippen molar-refractivity contribution in [2.75, 3.05) is 12.4 Å². The first-order chi connectivity index (χ1) is 7.28. The number of hydrogen-bond acceptors (Lipinski definition) is 4. The normalized spacial score (nSPS) is 10.0. The summed E-state index contributed by atoms with van der Waals surface area (Å²) in [5.41, 5.74) is 0.969. The molecule has 2 aromatic rings. The van der Waals surface area contributed by atoms with Crippen molar-refractivity contribution < 1.29 is 4.74 Å². The molecular formula is C10H9BrN2OS. The number of thiazole rings is 1. The molecule has 0 fully saturated rings. The zero-order valence-corrected chi connectivity index (χ0v) is 10.4. The van der Waals surface area contributed by atoms with Crippen LogP contribution in [0, 0.1) is 0 Å². The zero-order chi connectivity index (χ0) is 10.7. The summed E-state index contributed by atoms with van der Waals surface area (Å²) >= 11 is 4.86. The average Bonchev–Trinajstić information content (AvgIpc) is 2.64. The van der Waals surface area contributed by atoms with Gasteiger partial charge in [0.1, 0.15) is 10.4 Å². The molecule has 1 aromatic heterocycles. The van der Waals surface area contributed by atoms with E-state index in [1.165, 1.54) is 0 Å². The summed E-state index contributed by atoms with van der Waals surface area (Å²) in [6.45, 7) is 0. The Morgan fingerprint density at radius 2 is 2.33 bits per heavy atom. The van der Waals surface area contributed by atoms with E-state index >= 15 is 0 Å². The molecule has 0 saturated heterocycles. The molecule has 0 amide bonds. The van der Waals surface area contributed by atoms with Gasteiger partial charge in [-0.2, -0.15) is 0 Å². The fraction of sp³-hybridized carbons (Fsp3) is 0.100. The Balaban J connectivity index is 2.16. The molecule has 2 rings (SSSR count). The van der Waals surface area contributed by atoms with Gasteiger partial charge in [0.15, 0.2) is 5.13 Å². The minimum Gasteiger partial charge on any atom is -0.497 e. The van der Waals surface area contributed by atoms with Crippen LogP contribution < -0.4 is 10.1 Å². The third-order valence-electron chi connectivity index (χ3n) is 1.80. The van der Waals surface area contributed by atoms with Crippen LogP contribution >= 0.6 is 27.3 Å². The molecule has 1 N–H and O–H groups in total. The monoisotopic (exact) mass is 284 g/mol. The molecule has 0 aliphatic heterocycles. The van der Waals surface area contributed by atoms with Gasteiger partial charge in [0.05, 0.1) is 7.11 Å². The summed E-state index contributed by atoms with van der Waals surface area (Å²) in [6.07, 6.45) is 0. The highest BCUT2D eigenvalue weighted by atomic mass is 79.9. The second-order valence-electron chi connectivity index (χ2n) is 2.83. The van der Waals surface area contributed by atoms with E-state index < -0.39 is 0 Å². The summed E-state index contributed by atoms with van der Waals surface area (Å²) in [5, 5.41) is 5.99. The van der Waals surface area contributed by atoms with Crippen LogP contribution in [0.3, 0.4) is 0 Å². The molecule has 3 nitrogen and oxygen atoms in total. The summed E-state index contributed by atoms with van der Waals surface area (Å²) in [7, 11) is 1.65. The quantitative estimate of drug-likeness (QED) is 0.934. The van der Waals surface area contributed by atoms with Gasteiger partial charge in [-0.25, -0.2) is 4.98 Å². The predicted octanol–water partition coefficient (Wildman–Crippen LogP) is 3.66. The van der Waals surface area contributed by atoms with Gasteiger partial charge in [-0.1, -0.05) is 6.07 Å². The number of rotatable bonds is 3. The van der Waals surface area contributed by atoms with Crippen LogP contribution in [0.2, 0.25) is 0 Å². The number of aromatic nitrogens is 1. The molecular weight excluding hydrogens is 276 g/mol. The van der Waals surface area contributed by atoms with E-state index in [9.17, 15) is 0 Å². The largest absolute Gasteiger partial charge is 0.497 e. The van der Waals surface area contributed by atoms with Crippen LogP contribution in [-0.4, -0.2) is 12.1 Å². The third kappa shape index (κ3) is 2.70. The topological polar surface area (TPSA) is 34.1 Å². The molecule has 0 radical (unpaired) electrons. The van der Waals surface area contributed by atoms with E-state index in [0.29, 0.717) is 0 Å². The maximum atomic E-state index is 5.13. The lowest BCUT2D eigenvalue weighted by molar-refractivity contribution is 0.415. The first-order valence-electron chi connectivity index (χ1n) is 4.30. The van der Waals surface area contributed by atoms with Crippen LogP contribution in [0.15, 0.2) is 34.2 Å². The van der Waals surface area contributed by atoms with Gasteiger partial charge in [-0.05, 0) is 28.1 Å². The number of anilines is 2. The Hall–Kier alpha value is -1.07. The molecule has 0 aliphatic carbocycles. The van der Waals surface area contributed by atoms with Gasteiger partial charge in [-0.3, -0.25) is 0 Å². The number of ether oxygens (including phenoxy) is 1. The molecule has 0 spiro atoms. The SMILES string of the molecule is COc1cccc(Nc2nc(Br)cs2)c1. The molecule has 1 aromatic carbocycles. The van der Waals surface area contributed by atoms with E-state index in [2.05, 4.69) is 26.2 Å². The molecule has 0 unspecified atom stereocenters. The molecule has 0 saturated carbocycles. The average molecular weight is 285 g/mol. The lowest BCUT2D eigenvalue weighted by Gasteiger charge is -2.04. The Morgan fingerprint density at radius 1 is 1.47 bits per heavy atom. The van der Waals surface area contributed by atoms with Crippen LogP contribution in [0.25, 0.3) is 0 Å². The van der Waals surface area contributed by atoms with Crippen LogP contribution in [0.1, 0.15) is 0 Å². The minimum atomic E-state index is 0.829. The molecule has 0 atom stereocenters. The van der Waals surface area contributed by atoms with E-state index in [1.54, 1.807) is 18.4 Å². The molecule has 78 valence electrons. The first-order valence-corrected chi connectivity index (χ1v) is 5.97. The lowest BCUT2D eigenvalue weighted by atomic mass is 10.3. The van der Waals surface area contributed by atoms with Gasteiger partial charge in [0, 0.05) is 17.1 Å². The lowest BCUT2D eigenvalue weighted by Crippen LogP contribution is -1.90. The number of hydrogen-bond donors (Lipinski definition) is 1. The number of nitrogens with one attached hydrogen (secondary N) is 1. The first kappa shape index (κ1) is 10.4. The van der Waals surface area contributed by atoms with E-state index in [4.69, 9.17) is 4.74 Å². The summed E-state index contributed by atoms with van der Waals surface area (Å²) in [4.78, 5) is 4.24. The third-order valence-corrected chi connectivity index (χ3v) is 3.26. The van der Waals surface area contributed by atoms with Gasteiger partial charge in [0.2, 0.25) is 0 Å². The van der Waals surface area contributed by atoms with Crippen molar-refractivity contribution in [2.45, 2.75) is 0 Å². The van der Waals surface area contributed by atoms with E-state index in [-0.39, 0.29) is 0 Å². The molecule has 0 aliphatic rings. The zero-order valence-electron chi connectivity index (χ0n) is 8.03. The van der Waals surface area contributed by atoms with Crippen molar-refractivity contribution in [1.29, 1.82) is 0 Å². The van der Waals surface area contributed by atoms with Crippen LogP contribution in [0.5, 0.6) is 5.75 Å². The fourth-order valence-electron chi connectivity index (χ4n) is 1.14. The molecule has 5 heteroatoms. The van der Waals surface area contributed by atoms with E-state index in [0.717, 1.165) is 21.2 Å². The molecule has 1 heterocycles. The Morgan fingerprint density at radius 3 is 3.00 bits per heavy atom. The van der Waals surface area contributed by atoms with Crippen LogP contribution in [-0.2, 0) is 0 Å². The van der Waals surface area contributed by atoms with Crippen molar-refractivity contribution in [3.05, 3.63) is 34.2 Å². The number of halogens is 1. The number of benzene rings is 1. The van der Waals surface area contributed by atoms with Gasteiger partial charge in [-0.15, -0.1) is 11.3 Å². The van der Waals surface area contributed by atoms with Gasteiger partial charge < -0.3 is 10.1 Å². The van der Waals surface area contributed by atoms with Gasteiger partial charge in [0.25, 0.3) is 0 Å². The maximum absolute atomic E-state index is 5.13. The van der Waals surface area contributed by atoms with Crippen molar-refractivity contribution >= 4 is 38.1 Å². The minimum absolute atomic E-state index is 0.829. The number of nitrogens with zero attached hydrogens (tertiary/aromatic N) is 1. The van der Waals surface area contributed by atoms with Crippen molar-refractivity contribution in [3.63, 3.8) is 0 Å².